The van der Waals surface area contributed by atoms with E-state index in [0.717, 1.165) is 12.8 Å². The zero-order valence-electron chi connectivity index (χ0n) is 10.3. The van der Waals surface area contributed by atoms with E-state index < -0.39 is 5.82 Å². The largest absolute Gasteiger partial charge is 0.393 e. The molecule has 1 saturated carbocycles. The number of halogens is 2. The van der Waals surface area contributed by atoms with E-state index in [-0.39, 0.29) is 18.2 Å². The van der Waals surface area contributed by atoms with Crippen LogP contribution in [0.15, 0.2) is 22.7 Å². The second-order valence-electron chi connectivity index (χ2n) is 4.73. The van der Waals surface area contributed by atoms with Crippen LogP contribution >= 0.6 is 15.9 Å². The van der Waals surface area contributed by atoms with Gasteiger partial charge in [0.1, 0.15) is 5.82 Å². The molecule has 0 bridgehead atoms. The summed E-state index contributed by atoms with van der Waals surface area (Å²) in [6.07, 6.45) is 2.70. The maximum atomic E-state index is 13.3. The maximum Gasteiger partial charge on any atom is 0.319 e. The van der Waals surface area contributed by atoms with Crippen LogP contribution in [0.25, 0.3) is 0 Å². The van der Waals surface area contributed by atoms with Gasteiger partial charge in [-0.05, 0) is 59.8 Å². The van der Waals surface area contributed by atoms with E-state index in [0.29, 0.717) is 23.0 Å². The monoisotopic (exact) mass is 330 g/mol. The number of benzene rings is 1. The van der Waals surface area contributed by atoms with Crippen molar-refractivity contribution in [3.05, 3.63) is 28.5 Å². The van der Waals surface area contributed by atoms with Gasteiger partial charge in [0, 0.05) is 11.7 Å². The lowest BCUT2D eigenvalue weighted by Gasteiger charge is -2.26. The number of urea groups is 1. The third-order valence-electron chi connectivity index (χ3n) is 3.21. The minimum absolute atomic E-state index is 0.0729. The molecule has 0 aliphatic heterocycles. The summed E-state index contributed by atoms with van der Waals surface area (Å²) in [5.74, 6) is -0.418. The Balaban J connectivity index is 1.85. The Kier molecular flexibility index (Phi) is 4.76. The first-order chi connectivity index (χ1) is 9.04. The molecule has 0 heterocycles. The molecule has 1 aliphatic rings. The van der Waals surface area contributed by atoms with Gasteiger partial charge in [0.25, 0.3) is 0 Å². The number of aliphatic hydroxyl groups excluding tert-OH is 1. The van der Waals surface area contributed by atoms with Gasteiger partial charge in [-0.2, -0.15) is 0 Å². The van der Waals surface area contributed by atoms with Crippen molar-refractivity contribution in [3.8, 4) is 0 Å². The molecule has 1 aliphatic carbocycles. The lowest BCUT2D eigenvalue weighted by Crippen LogP contribution is -2.40. The fourth-order valence-electron chi connectivity index (χ4n) is 2.15. The van der Waals surface area contributed by atoms with Crippen LogP contribution in [0.1, 0.15) is 25.7 Å². The number of amides is 2. The summed E-state index contributed by atoms with van der Waals surface area (Å²) in [6.45, 7) is 0. The summed E-state index contributed by atoms with van der Waals surface area (Å²) in [6, 6.07) is 4.15. The SMILES string of the molecule is O=C(Nc1ccc(Br)c(F)c1)NC1CCC(O)CC1. The minimum Gasteiger partial charge on any atom is -0.393 e. The summed E-state index contributed by atoms with van der Waals surface area (Å²) in [5.41, 5.74) is 0.411. The molecule has 0 unspecified atom stereocenters. The van der Waals surface area contributed by atoms with Gasteiger partial charge in [0.05, 0.1) is 10.6 Å². The van der Waals surface area contributed by atoms with Crippen molar-refractivity contribution in [2.75, 3.05) is 5.32 Å². The lowest BCUT2D eigenvalue weighted by molar-refractivity contribution is 0.118. The highest BCUT2D eigenvalue weighted by Gasteiger charge is 2.20. The first-order valence-corrected chi connectivity index (χ1v) is 7.04. The molecule has 2 rings (SSSR count). The van der Waals surface area contributed by atoms with Crippen LogP contribution in [-0.2, 0) is 0 Å². The number of nitrogens with one attached hydrogen (secondary N) is 2. The van der Waals surface area contributed by atoms with E-state index in [1.54, 1.807) is 12.1 Å². The van der Waals surface area contributed by atoms with Gasteiger partial charge in [-0.15, -0.1) is 0 Å². The number of carbonyl (C=O) groups is 1. The van der Waals surface area contributed by atoms with Crippen molar-refractivity contribution in [2.24, 2.45) is 0 Å². The molecule has 1 aromatic rings. The predicted molar refractivity (Wildman–Crippen MR) is 74.5 cm³/mol. The van der Waals surface area contributed by atoms with E-state index in [1.165, 1.54) is 6.07 Å². The topological polar surface area (TPSA) is 61.4 Å². The fourth-order valence-corrected chi connectivity index (χ4v) is 2.39. The number of aliphatic hydroxyl groups is 1. The number of carbonyl (C=O) groups excluding carboxylic acids is 1. The second-order valence-corrected chi connectivity index (χ2v) is 5.59. The van der Waals surface area contributed by atoms with Crippen LogP contribution < -0.4 is 10.6 Å². The molecule has 6 heteroatoms. The third-order valence-corrected chi connectivity index (χ3v) is 3.85. The van der Waals surface area contributed by atoms with E-state index in [1.807, 2.05) is 0 Å². The number of anilines is 1. The molecular formula is C13H16BrFN2O2. The highest BCUT2D eigenvalue weighted by Crippen LogP contribution is 2.20. The molecule has 104 valence electrons. The lowest BCUT2D eigenvalue weighted by atomic mass is 9.93. The van der Waals surface area contributed by atoms with Gasteiger partial charge in [-0.3, -0.25) is 0 Å². The van der Waals surface area contributed by atoms with E-state index >= 15 is 0 Å². The molecule has 1 aromatic carbocycles. The number of hydrogen-bond donors (Lipinski definition) is 3. The highest BCUT2D eigenvalue weighted by molar-refractivity contribution is 9.10. The molecule has 0 radical (unpaired) electrons. The predicted octanol–water partition coefficient (Wildman–Crippen LogP) is 3.01. The van der Waals surface area contributed by atoms with E-state index in [4.69, 9.17) is 0 Å². The van der Waals surface area contributed by atoms with Crippen LogP contribution in [0.3, 0.4) is 0 Å². The average molecular weight is 331 g/mol. The van der Waals surface area contributed by atoms with Gasteiger partial charge in [-0.25, -0.2) is 9.18 Å². The highest BCUT2D eigenvalue weighted by atomic mass is 79.9. The molecule has 0 spiro atoms. The minimum atomic E-state index is -0.418. The Bertz CT molecular complexity index is 462. The van der Waals surface area contributed by atoms with Crippen molar-refractivity contribution in [3.63, 3.8) is 0 Å². The van der Waals surface area contributed by atoms with Crippen molar-refractivity contribution in [1.29, 1.82) is 0 Å². The quantitative estimate of drug-likeness (QED) is 0.780. The normalized spacial score (nSPS) is 22.9. The molecule has 1 fully saturated rings. The first kappa shape index (κ1) is 14.3. The summed E-state index contributed by atoms with van der Waals surface area (Å²) >= 11 is 3.05. The maximum absolute atomic E-state index is 13.3. The fraction of sp³-hybridized carbons (Fsp3) is 0.462. The number of hydrogen-bond acceptors (Lipinski definition) is 2. The van der Waals surface area contributed by atoms with Gasteiger partial charge in [0.15, 0.2) is 0 Å². The standard InChI is InChI=1S/C13H16BrFN2O2/c14-11-6-3-9(7-12(11)15)17-13(19)16-8-1-4-10(18)5-2-8/h3,6-8,10,18H,1-2,4-5H2,(H2,16,17,19). The summed E-state index contributed by atoms with van der Waals surface area (Å²) in [5, 5.41) is 14.8. The van der Waals surface area contributed by atoms with Gasteiger partial charge in [-0.1, -0.05) is 0 Å². The molecule has 0 aromatic heterocycles. The second kappa shape index (κ2) is 6.34. The third kappa shape index (κ3) is 4.18. The zero-order valence-corrected chi connectivity index (χ0v) is 11.9. The van der Waals surface area contributed by atoms with Crippen LogP contribution in [0.2, 0.25) is 0 Å². The molecule has 4 nitrogen and oxygen atoms in total. The number of rotatable bonds is 2. The Morgan fingerprint density at radius 3 is 2.63 bits per heavy atom. The molecule has 3 N–H and O–H groups in total. The molecule has 19 heavy (non-hydrogen) atoms. The van der Waals surface area contributed by atoms with Crippen LogP contribution in [-0.4, -0.2) is 23.3 Å². The smallest absolute Gasteiger partial charge is 0.319 e. The van der Waals surface area contributed by atoms with Crippen molar-refractivity contribution in [2.45, 2.75) is 37.8 Å². The Morgan fingerprint density at radius 2 is 2.00 bits per heavy atom. The summed E-state index contributed by atoms with van der Waals surface area (Å²) in [4.78, 5) is 11.7. The van der Waals surface area contributed by atoms with E-state index in [9.17, 15) is 14.3 Å². The average Bonchev–Trinajstić information content (AvgIpc) is 2.37. The first-order valence-electron chi connectivity index (χ1n) is 6.25. The van der Waals surface area contributed by atoms with E-state index in [2.05, 4.69) is 26.6 Å². The summed E-state index contributed by atoms with van der Waals surface area (Å²) in [7, 11) is 0. The van der Waals surface area contributed by atoms with Crippen LogP contribution in [0, 0.1) is 5.82 Å². The molecule has 0 saturated heterocycles. The molecular weight excluding hydrogens is 315 g/mol. The molecule has 0 atom stereocenters. The van der Waals surface area contributed by atoms with Gasteiger partial charge >= 0.3 is 6.03 Å². The van der Waals surface area contributed by atoms with Crippen molar-refractivity contribution in [1.82, 2.24) is 5.32 Å². The molecule has 2 amide bonds. The Labute approximate surface area is 119 Å². The Hall–Kier alpha value is -1.14. The van der Waals surface area contributed by atoms with Crippen LogP contribution in [0.5, 0.6) is 0 Å². The Morgan fingerprint density at radius 1 is 1.32 bits per heavy atom. The summed E-state index contributed by atoms with van der Waals surface area (Å²) < 4.78 is 13.6. The zero-order chi connectivity index (χ0) is 13.8. The van der Waals surface area contributed by atoms with Gasteiger partial charge in [0.2, 0.25) is 0 Å². The van der Waals surface area contributed by atoms with Crippen molar-refractivity contribution < 1.29 is 14.3 Å². The van der Waals surface area contributed by atoms with Gasteiger partial charge < -0.3 is 15.7 Å². The van der Waals surface area contributed by atoms with Crippen molar-refractivity contribution >= 4 is 27.6 Å². The van der Waals surface area contributed by atoms with Crippen LogP contribution in [0.4, 0.5) is 14.9 Å².